The second kappa shape index (κ2) is 17.8. The second-order valence-corrected chi connectivity index (χ2v) is 12.3. The summed E-state index contributed by atoms with van der Waals surface area (Å²) in [5.74, 6) is -1.21. The fraction of sp³-hybridized carbons (Fsp3) is 0.429. The van der Waals surface area contributed by atoms with Gasteiger partial charge in [0.25, 0.3) is 0 Å². The highest BCUT2D eigenvalue weighted by molar-refractivity contribution is 5.86. The van der Waals surface area contributed by atoms with Gasteiger partial charge in [-0.05, 0) is 36.0 Å². The molecular formula is C35H44N6O7. The van der Waals surface area contributed by atoms with Gasteiger partial charge in [-0.2, -0.15) is 0 Å². The summed E-state index contributed by atoms with van der Waals surface area (Å²) in [6.07, 6.45) is 4.72. The van der Waals surface area contributed by atoms with E-state index in [0.717, 1.165) is 16.7 Å². The van der Waals surface area contributed by atoms with Gasteiger partial charge in [-0.3, -0.25) is 19.6 Å². The lowest BCUT2D eigenvalue weighted by Gasteiger charge is -2.25. The fourth-order valence-corrected chi connectivity index (χ4v) is 5.05. The van der Waals surface area contributed by atoms with Crippen molar-refractivity contribution in [2.75, 3.05) is 6.54 Å². The molecule has 13 nitrogen and oxygen atoms in total. The maximum Gasteiger partial charge on any atom is 0.408 e. The Morgan fingerprint density at radius 1 is 0.708 bits per heavy atom. The van der Waals surface area contributed by atoms with Crippen LogP contribution in [0.2, 0.25) is 0 Å². The molecule has 4 N–H and O–H groups in total. The summed E-state index contributed by atoms with van der Waals surface area (Å²) in [6.45, 7) is 7.52. The highest BCUT2D eigenvalue weighted by atomic mass is 16.6. The van der Waals surface area contributed by atoms with Crippen molar-refractivity contribution >= 4 is 24.0 Å². The molecule has 5 atom stereocenters. The van der Waals surface area contributed by atoms with Crippen LogP contribution >= 0.6 is 0 Å². The first-order chi connectivity index (χ1) is 23.1. The molecule has 256 valence electrons. The molecule has 3 heterocycles. The van der Waals surface area contributed by atoms with Crippen LogP contribution < -0.4 is 21.3 Å². The maximum atomic E-state index is 13.5. The minimum absolute atomic E-state index is 0.0197. The zero-order valence-electron chi connectivity index (χ0n) is 27.6. The molecule has 4 amide bonds. The van der Waals surface area contributed by atoms with E-state index in [1.807, 2.05) is 58.0 Å². The standard InChI is InChI=1S/C35H44N6O7/c1-22(2)29(40-34(44)46-20-25-12-8-14-36-17-25)32(42)38-19-28-31(48-28)27(16-24-10-6-5-7-11-24)39-33(43)30(23(3)4)41-35(45)47-21-26-13-9-15-37-18-26/h5-15,17-18,22-23,27-31H,16,19-21H2,1-4H3,(H,38,42)(H,39,43)(H,40,44)(H,41,45)/t27-,28-,29-,30-,31+/m0/s1. The van der Waals surface area contributed by atoms with Crippen LogP contribution in [-0.4, -0.2) is 70.8 Å². The van der Waals surface area contributed by atoms with Gasteiger partial charge in [0.2, 0.25) is 11.8 Å². The Kier molecular flexibility index (Phi) is 13.2. The Bertz CT molecular complexity index is 1480. The van der Waals surface area contributed by atoms with Crippen LogP contribution in [0.4, 0.5) is 9.59 Å². The van der Waals surface area contributed by atoms with Gasteiger partial charge in [0.05, 0.1) is 6.04 Å². The number of nitrogens with zero attached hydrogens (tertiary/aromatic N) is 2. The molecule has 0 spiro atoms. The van der Waals surface area contributed by atoms with Crippen LogP contribution in [0.3, 0.4) is 0 Å². The molecule has 48 heavy (non-hydrogen) atoms. The number of hydrogen-bond donors (Lipinski definition) is 4. The molecular weight excluding hydrogens is 616 g/mol. The largest absolute Gasteiger partial charge is 0.445 e. The Morgan fingerprint density at radius 3 is 1.73 bits per heavy atom. The van der Waals surface area contributed by atoms with Crippen molar-refractivity contribution in [2.45, 2.75) is 77.7 Å². The molecule has 1 aliphatic heterocycles. The molecule has 0 aliphatic carbocycles. The topological polar surface area (TPSA) is 173 Å². The van der Waals surface area contributed by atoms with Gasteiger partial charge in [0.1, 0.15) is 37.5 Å². The van der Waals surface area contributed by atoms with Crippen LogP contribution in [0.5, 0.6) is 0 Å². The summed E-state index contributed by atoms with van der Waals surface area (Å²) in [4.78, 5) is 59.7. The normalized spacial score (nSPS) is 17.0. The first-order valence-corrected chi connectivity index (χ1v) is 16.0. The Hall–Kier alpha value is -5.04. The van der Waals surface area contributed by atoms with Gasteiger partial charge >= 0.3 is 12.2 Å². The number of nitrogens with one attached hydrogen (secondary N) is 4. The zero-order chi connectivity index (χ0) is 34.5. The van der Waals surface area contributed by atoms with Crippen LogP contribution in [-0.2, 0) is 43.4 Å². The molecule has 1 saturated heterocycles. The van der Waals surface area contributed by atoms with E-state index in [1.165, 1.54) is 0 Å². The third kappa shape index (κ3) is 11.3. The predicted octanol–water partition coefficient (Wildman–Crippen LogP) is 3.29. The molecule has 1 aromatic carbocycles. The number of ether oxygens (including phenoxy) is 3. The Balaban J connectivity index is 1.32. The summed E-state index contributed by atoms with van der Waals surface area (Å²) in [5.41, 5.74) is 2.44. The zero-order valence-corrected chi connectivity index (χ0v) is 27.6. The number of rotatable bonds is 16. The number of epoxide rings is 1. The monoisotopic (exact) mass is 660 g/mol. The minimum atomic E-state index is -0.864. The summed E-state index contributed by atoms with van der Waals surface area (Å²) >= 11 is 0. The van der Waals surface area contributed by atoms with E-state index in [2.05, 4.69) is 31.2 Å². The average Bonchev–Trinajstić information content (AvgIpc) is 3.87. The van der Waals surface area contributed by atoms with Crippen molar-refractivity contribution < 1.29 is 33.4 Å². The van der Waals surface area contributed by atoms with E-state index in [1.54, 1.807) is 49.1 Å². The van der Waals surface area contributed by atoms with Gasteiger partial charge in [-0.1, -0.05) is 70.2 Å². The highest BCUT2D eigenvalue weighted by Crippen LogP contribution is 2.27. The Morgan fingerprint density at radius 2 is 1.23 bits per heavy atom. The van der Waals surface area contributed by atoms with Crippen molar-refractivity contribution in [1.82, 2.24) is 31.2 Å². The molecule has 0 saturated carbocycles. The van der Waals surface area contributed by atoms with Gasteiger partial charge in [0, 0.05) is 42.5 Å². The molecule has 0 radical (unpaired) electrons. The number of pyridine rings is 2. The number of carbonyl (C=O) groups excluding carboxylic acids is 4. The van der Waals surface area contributed by atoms with Crippen molar-refractivity contribution in [1.29, 1.82) is 0 Å². The third-order valence-electron chi connectivity index (χ3n) is 7.75. The van der Waals surface area contributed by atoms with E-state index in [9.17, 15) is 19.2 Å². The first kappa shape index (κ1) is 35.8. The molecule has 13 heteroatoms. The van der Waals surface area contributed by atoms with E-state index < -0.39 is 36.4 Å². The van der Waals surface area contributed by atoms with Gasteiger partial charge in [-0.15, -0.1) is 0 Å². The van der Waals surface area contributed by atoms with E-state index >= 15 is 0 Å². The van der Waals surface area contributed by atoms with Gasteiger partial charge in [0.15, 0.2) is 0 Å². The maximum absolute atomic E-state index is 13.5. The highest BCUT2D eigenvalue weighted by Gasteiger charge is 2.46. The molecule has 3 aromatic rings. The molecule has 4 rings (SSSR count). The molecule has 1 aliphatic rings. The molecule has 2 aromatic heterocycles. The van der Waals surface area contributed by atoms with Crippen molar-refractivity contribution in [3.8, 4) is 0 Å². The van der Waals surface area contributed by atoms with Crippen LogP contribution in [0.1, 0.15) is 44.4 Å². The Labute approximate surface area is 280 Å². The number of benzene rings is 1. The summed E-state index contributed by atoms with van der Waals surface area (Å²) in [5, 5.41) is 11.3. The van der Waals surface area contributed by atoms with E-state index in [0.29, 0.717) is 6.42 Å². The number of hydrogen-bond acceptors (Lipinski definition) is 9. The van der Waals surface area contributed by atoms with Crippen LogP contribution in [0.25, 0.3) is 0 Å². The average molecular weight is 661 g/mol. The lowest BCUT2D eigenvalue weighted by atomic mass is 9.99. The number of alkyl carbamates (subject to hydrolysis) is 2. The second-order valence-electron chi connectivity index (χ2n) is 12.3. The number of aromatic nitrogens is 2. The minimum Gasteiger partial charge on any atom is -0.445 e. The smallest absolute Gasteiger partial charge is 0.408 e. The van der Waals surface area contributed by atoms with Crippen molar-refractivity contribution in [3.05, 3.63) is 96.1 Å². The number of amides is 4. The summed E-state index contributed by atoms with van der Waals surface area (Å²) in [6, 6.07) is 14.6. The van der Waals surface area contributed by atoms with Crippen molar-refractivity contribution in [2.24, 2.45) is 11.8 Å². The van der Waals surface area contributed by atoms with E-state index in [-0.39, 0.29) is 49.5 Å². The summed E-state index contributed by atoms with van der Waals surface area (Å²) in [7, 11) is 0. The predicted molar refractivity (Wildman–Crippen MR) is 176 cm³/mol. The lowest BCUT2D eigenvalue weighted by Crippen LogP contribution is -2.54. The fourth-order valence-electron chi connectivity index (χ4n) is 5.05. The molecule has 1 fully saturated rings. The van der Waals surface area contributed by atoms with E-state index in [4.69, 9.17) is 14.2 Å². The molecule has 0 unspecified atom stereocenters. The third-order valence-corrected chi connectivity index (χ3v) is 7.75. The van der Waals surface area contributed by atoms with Crippen molar-refractivity contribution in [3.63, 3.8) is 0 Å². The summed E-state index contributed by atoms with van der Waals surface area (Å²) < 4.78 is 16.5. The molecule has 0 bridgehead atoms. The number of carbonyl (C=O) groups is 4. The SMILES string of the molecule is CC(C)[C@H](NC(=O)OCc1cccnc1)C(=O)NC[C@@H]1O[C@@H]1[C@H](Cc1ccccc1)NC(=O)[C@@H](NC(=O)OCc1cccnc1)C(C)C. The lowest BCUT2D eigenvalue weighted by molar-refractivity contribution is -0.125. The first-order valence-electron chi connectivity index (χ1n) is 16.0. The van der Waals surface area contributed by atoms with Crippen LogP contribution in [0, 0.1) is 11.8 Å². The van der Waals surface area contributed by atoms with Gasteiger partial charge in [-0.25, -0.2) is 9.59 Å². The van der Waals surface area contributed by atoms with Crippen LogP contribution in [0.15, 0.2) is 79.4 Å². The van der Waals surface area contributed by atoms with Gasteiger partial charge < -0.3 is 35.5 Å². The quantitative estimate of drug-likeness (QED) is 0.168.